The van der Waals surface area contributed by atoms with Crippen molar-refractivity contribution in [2.45, 2.75) is 0 Å². The third-order valence-corrected chi connectivity index (χ3v) is 7.80. The zero-order chi connectivity index (χ0) is 28.6. The Kier molecular flexibility index (Phi) is 8.87. The van der Waals surface area contributed by atoms with E-state index in [1.807, 2.05) is 48.5 Å². The molecule has 1 heterocycles. The molecule has 0 aliphatic heterocycles. The SMILES string of the molecule is COc1ccc(C(=Cc2ccc(C=C(c3ccc(OC)cc3)c3ccc(OC)cc3)s2)c2ccc(OC)cc2)cc1. The number of ether oxygens (including phenoxy) is 4. The minimum atomic E-state index is 0.830. The summed E-state index contributed by atoms with van der Waals surface area (Å²) in [5.74, 6) is 3.32. The van der Waals surface area contributed by atoms with Gasteiger partial charge in [-0.15, -0.1) is 11.3 Å². The summed E-state index contributed by atoms with van der Waals surface area (Å²) in [5, 5.41) is 0. The highest BCUT2D eigenvalue weighted by Crippen LogP contribution is 2.34. The Morgan fingerprint density at radius 1 is 0.390 bits per heavy atom. The third-order valence-electron chi connectivity index (χ3n) is 6.82. The molecule has 0 saturated heterocycles. The molecule has 0 aliphatic rings. The molecule has 0 aliphatic carbocycles. The van der Waals surface area contributed by atoms with E-state index in [2.05, 4.69) is 72.8 Å². The van der Waals surface area contributed by atoms with Crippen molar-refractivity contribution in [2.75, 3.05) is 28.4 Å². The molecule has 0 fully saturated rings. The zero-order valence-corrected chi connectivity index (χ0v) is 24.4. The summed E-state index contributed by atoms with van der Waals surface area (Å²) in [6.07, 6.45) is 4.48. The van der Waals surface area contributed by atoms with Gasteiger partial charge in [-0.25, -0.2) is 0 Å². The molecule has 4 aromatic carbocycles. The van der Waals surface area contributed by atoms with Gasteiger partial charge in [0.2, 0.25) is 0 Å². The lowest BCUT2D eigenvalue weighted by Gasteiger charge is -2.11. The molecule has 0 spiro atoms. The minimum absolute atomic E-state index is 0.830. The highest BCUT2D eigenvalue weighted by atomic mass is 32.1. The van der Waals surface area contributed by atoms with Crippen molar-refractivity contribution in [3.63, 3.8) is 0 Å². The average Bonchev–Trinajstić information content (AvgIpc) is 3.50. The first-order valence-electron chi connectivity index (χ1n) is 13.2. The molecule has 4 nitrogen and oxygen atoms in total. The maximum Gasteiger partial charge on any atom is 0.118 e. The first kappa shape index (κ1) is 27.8. The van der Waals surface area contributed by atoms with Crippen LogP contribution < -0.4 is 18.9 Å². The third kappa shape index (κ3) is 6.71. The quantitative estimate of drug-likeness (QED) is 0.171. The van der Waals surface area contributed by atoms with Crippen molar-refractivity contribution in [1.29, 1.82) is 0 Å². The Labute approximate surface area is 245 Å². The molecule has 1 aromatic heterocycles. The van der Waals surface area contributed by atoms with E-state index in [1.54, 1.807) is 39.8 Å². The van der Waals surface area contributed by atoms with E-state index in [1.165, 1.54) is 0 Å². The summed E-state index contributed by atoms with van der Waals surface area (Å²) >= 11 is 1.75. The fraction of sp³-hybridized carbons (Fsp3) is 0.111. The second-order valence-corrected chi connectivity index (χ2v) is 10.4. The number of benzene rings is 4. The van der Waals surface area contributed by atoms with Crippen molar-refractivity contribution >= 4 is 34.6 Å². The van der Waals surface area contributed by atoms with Crippen LogP contribution in [0.2, 0.25) is 0 Å². The van der Waals surface area contributed by atoms with E-state index in [4.69, 9.17) is 18.9 Å². The van der Waals surface area contributed by atoms with Gasteiger partial charge in [-0.1, -0.05) is 48.5 Å². The van der Waals surface area contributed by atoms with E-state index in [0.29, 0.717) is 0 Å². The number of hydrogen-bond acceptors (Lipinski definition) is 5. The second-order valence-electron chi connectivity index (χ2n) is 9.27. The van der Waals surface area contributed by atoms with Crippen molar-refractivity contribution in [2.24, 2.45) is 0 Å². The minimum Gasteiger partial charge on any atom is -0.497 e. The van der Waals surface area contributed by atoms with Crippen LogP contribution in [0.4, 0.5) is 0 Å². The Balaban J connectivity index is 1.55. The molecule has 0 N–H and O–H groups in total. The fourth-order valence-electron chi connectivity index (χ4n) is 4.56. The van der Waals surface area contributed by atoms with E-state index in [9.17, 15) is 0 Å². The van der Waals surface area contributed by atoms with E-state index < -0.39 is 0 Å². The molecule has 0 atom stereocenters. The van der Waals surface area contributed by atoms with Gasteiger partial charge in [0.25, 0.3) is 0 Å². The van der Waals surface area contributed by atoms with Gasteiger partial charge in [0.05, 0.1) is 28.4 Å². The van der Waals surface area contributed by atoms with Gasteiger partial charge < -0.3 is 18.9 Å². The Bertz CT molecular complexity index is 1400. The standard InChI is InChI=1S/C36H32O4S/c1-37-29-13-5-25(6-14-29)35(26-7-15-30(38-2)16-8-26)23-33-21-22-34(41-33)24-36(27-9-17-31(39-3)18-10-27)28-11-19-32(40-4)20-12-28/h5-24H,1-4H3. The molecule has 0 unspecified atom stereocenters. The predicted molar refractivity (Wildman–Crippen MR) is 170 cm³/mol. The van der Waals surface area contributed by atoms with Crippen LogP contribution in [0.15, 0.2) is 109 Å². The molecule has 5 rings (SSSR count). The van der Waals surface area contributed by atoms with Crippen molar-refractivity contribution < 1.29 is 18.9 Å². The highest BCUT2D eigenvalue weighted by Gasteiger charge is 2.10. The number of hydrogen-bond donors (Lipinski definition) is 0. The Morgan fingerprint density at radius 2 is 0.634 bits per heavy atom. The molecule has 5 aromatic rings. The Morgan fingerprint density at radius 3 is 0.854 bits per heavy atom. The van der Waals surface area contributed by atoms with E-state index in [-0.39, 0.29) is 0 Å². The van der Waals surface area contributed by atoms with Crippen molar-refractivity contribution in [1.82, 2.24) is 0 Å². The summed E-state index contributed by atoms with van der Waals surface area (Å²) in [4.78, 5) is 2.31. The van der Waals surface area contributed by atoms with Crippen LogP contribution in [0.5, 0.6) is 23.0 Å². The summed E-state index contributed by atoms with van der Waals surface area (Å²) in [6.45, 7) is 0. The molecule has 0 saturated carbocycles. The smallest absolute Gasteiger partial charge is 0.118 e. The number of thiophene rings is 1. The second kappa shape index (κ2) is 13.1. The zero-order valence-electron chi connectivity index (χ0n) is 23.6. The van der Waals surface area contributed by atoms with Crippen LogP contribution in [-0.4, -0.2) is 28.4 Å². The monoisotopic (exact) mass is 560 g/mol. The lowest BCUT2D eigenvalue weighted by Crippen LogP contribution is -1.90. The van der Waals surface area contributed by atoms with Gasteiger partial charge in [0.1, 0.15) is 23.0 Å². The highest BCUT2D eigenvalue weighted by molar-refractivity contribution is 7.13. The summed E-state index contributed by atoms with van der Waals surface area (Å²) < 4.78 is 21.6. The lowest BCUT2D eigenvalue weighted by atomic mass is 9.96. The maximum atomic E-state index is 5.39. The van der Waals surface area contributed by atoms with Gasteiger partial charge in [-0.3, -0.25) is 0 Å². The number of rotatable bonds is 10. The van der Waals surface area contributed by atoms with Gasteiger partial charge in [0.15, 0.2) is 0 Å². The molecule has 0 amide bonds. The average molecular weight is 561 g/mol. The maximum absolute atomic E-state index is 5.39. The van der Waals surface area contributed by atoms with Crippen LogP contribution in [0.1, 0.15) is 32.0 Å². The van der Waals surface area contributed by atoms with Crippen LogP contribution >= 0.6 is 11.3 Å². The van der Waals surface area contributed by atoms with Crippen LogP contribution in [0, 0.1) is 0 Å². The van der Waals surface area contributed by atoms with E-state index >= 15 is 0 Å². The van der Waals surface area contributed by atoms with E-state index in [0.717, 1.165) is 66.2 Å². The van der Waals surface area contributed by atoms with Crippen LogP contribution in [-0.2, 0) is 0 Å². The molecule has 41 heavy (non-hydrogen) atoms. The van der Waals surface area contributed by atoms with Crippen molar-refractivity contribution in [3.8, 4) is 23.0 Å². The normalized spacial score (nSPS) is 10.4. The fourth-order valence-corrected chi connectivity index (χ4v) is 5.45. The first-order chi connectivity index (χ1) is 20.1. The van der Waals surface area contributed by atoms with Gasteiger partial charge in [-0.05, 0) is 106 Å². The van der Waals surface area contributed by atoms with Gasteiger partial charge in [0, 0.05) is 9.75 Å². The predicted octanol–water partition coefficient (Wildman–Crippen LogP) is 8.96. The lowest BCUT2D eigenvalue weighted by molar-refractivity contribution is 0.414. The van der Waals surface area contributed by atoms with Crippen LogP contribution in [0.25, 0.3) is 23.3 Å². The molecule has 0 bridgehead atoms. The first-order valence-corrected chi connectivity index (χ1v) is 14.0. The Hall–Kier alpha value is -4.74. The van der Waals surface area contributed by atoms with Crippen LogP contribution in [0.3, 0.4) is 0 Å². The van der Waals surface area contributed by atoms with Gasteiger partial charge >= 0.3 is 0 Å². The topological polar surface area (TPSA) is 36.9 Å². The largest absolute Gasteiger partial charge is 0.497 e. The van der Waals surface area contributed by atoms with Crippen molar-refractivity contribution in [3.05, 3.63) is 141 Å². The molecule has 0 radical (unpaired) electrons. The van der Waals surface area contributed by atoms with Gasteiger partial charge in [-0.2, -0.15) is 0 Å². The summed E-state index contributed by atoms with van der Waals surface area (Å²) in [5.41, 5.74) is 6.69. The molecular weight excluding hydrogens is 528 g/mol. The number of methoxy groups -OCH3 is 4. The summed E-state index contributed by atoms with van der Waals surface area (Å²) in [7, 11) is 6.73. The molecule has 206 valence electrons. The molecule has 5 heteroatoms. The molecular formula is C36H32O4S. The summed E-state index contributed by atoms with van der Waals surface area (Å²) in [6, 6.07) is 37.0.